The number of thioether (sulfide) groups is 1. The molecule has 1 fully saturated rings. The van der Waals surface area contributed by atoms with Crippen molar-refractivity contribution in [3.63, 3.8) is 0 Å². The van der Waals surface area contributed by atoms with Gasteiger partial charge in [0, 0.05) is 11.6 Å². The molecule has 0 radical (unpaired) electrons. The van der Waals surface area contributed by atoms with Crippen LogP contribution in [0, 0.1) is 6.92 Å². The minimum Gasteiger partial charge on any atom is -0.360 e. The first-order valence-corrected chi connectivity index (χ1v) is 10.6. The summed E-state index contributed by atoms with van der Waals surface area (Å²) in [6.45, 7) is 1.70. The highest BCUT2D eigenvalue weighted by Crippen LogP contribution is 2.38. The standard InChI is InChI=1S/C22H14F3N3O3S2/c1-12-9-18(27-31-12)26-19(29)14-7-5-13(6-8-14)10-17-20(30)28(21(32)33-17)16-4-2-3-15(11-16)22(23,24)25/h2-11H,1H3,(H,26,27,29). The van der Waals surface area contributed by atoms with E-state index in [2.05, 4.69) is 10.5 Å². The summed E-state index contributed by atoms with van der Waals surface area (Å²) in [4.78, 5) is 26.5. The SMILES string of the molecule is Cc1cc(NC(=O)c2ccc(C=C3SC(=S)N(c4cccc(C(F)(F)F)c4)C3=O)cc2)no1. The molecule has 2 heterocycles. The van der Waals surface area contributed by atoms with Crippen LogP contribution in [-0.4, -0.2) is 21.3 Å². The smallest absolute Gasteiger partial charge is 0.360 e. The van der Waals surface area contributed by atoms with Gasteiger partial charge >= 0.3 is 6.18 Å². The number of benzene rings is 2. The van der Waals surface area contributed by atoms with E-state index < -0.39 is 17.6 Å². The molecule has 0 bridgehead atoms. The molecule has 4 rings (SSSR count). The summed E-state index contributed by atoms with van der Waals surface area (Å²) in [6.07, 6.45) is -2.97. The van der Waals surface area contributed by atoms with Crippen LogP contribution in [0.5, 0.6) is 0 Å². The van der Waals surface area contributed by atoms with Crippen molar-refractivity contribution >= 4 is 57.7 Å². The largest absolute Gasteiger partial charge is 0.416 e. The number of hydrogen-bond acceptors (Lipinski definition) is 6. The number of thiocarbonyl (C=S) groups is 1. The second-order valence-corrected chi connectivity index (χ2v) is 8.64. The van der Waals surface area contributed by atoms with Gasteiger partial charge in [-0.1, -0.05) is 47.3 Å². The molecular formula is C22H14F3N3O3S2. The van der Waals surface area contributed by atoms with Crippen LogP contribution in [0.15, 0.2) is 64.0 Å². The Hall–Kier alpha value is -3.44. The molecule has 168 valence electrons. The molecule has 0 saturated carbocycles. The summed E-state index contributed by atoms with van der Waals surface area (Å²) >= 11 is 6.22. The van der Waals surface area contributed by atoms with Crippen LogP contribution in [-0.2, 0) is 11.0 Å². The highest BCUT2D eigenvalue weighted by Gasteiger charge is 2.36. The normalized spacial score (nSPS) is 15.4. The molecule has 1 aromatic heterocycles. The topological polar surface area (TPSA) is 75.4 Å². The number of rotatable bonds is 4. The lowest BCUT2D eigenvalue weighted by Crippen LogP contribution is -2.27. The molecule has 2 aromatic carbocycles. The van der Waals surface area contributed by atoms with Crippen LogP contribution in [0.2, 0.25) is 0 Å². The van der Waals surface area contributed by atoms with Crippen molar-refractivity contribution in [3.05, 3.63) is 82.0 Å². The zero-order valence-corrected chi connectivity index (χ0v) is 18.5. The molecule has 0 atom stereocenters. The number of nitrogens with one attached hydrogen (secondary N) is 1. The van der Waals surface area contributed by atoms with Crippen molar-refractivity contribution in [1.29, 1.82) is 0 Å². The fourth-order valence-electron chi connectivity index (χ4n) is 3.01. The summed E-state index contributed by atoms with van der Waals surface area (Å²) in [5, 5.41) is 6.30. The third-order valence-corrected chi connectivity index (χ3v) is 5.87. The van der Waals surface area contributed by atoms with Crippen LogP contribution in [0.3, 0.4) is 0 Å². The maximum atomic E-state index is 13.0. The molecule has 0 aliphatic carbocycles. The predicted octanol–water partition coefficient (Wildman–Crippen LogP) is 5.66. The number of alkyl halides is 3. The van der Waals surface area contributed by atoms with E-state index in [-0.39, 0.29) is 20.8 Å². The van der Waals surface area contributed by atoms with Gasteiger partial charge in [-0.2, -0.15) is 13.2 Å². The monoisotopic (exact) mass is 489 g/mol. The number of aryl methyl sites for hydroxylation is 1. The average Bonchev–Trinajstić information content (AvgIpc) is 3.29. The molecule has 2 amide bonds. The van der Waals surface area contributed by atoms with E-state index in [0.29, 0.717) is 22.7 Å². The Balaban J connectivity index is 1.51. The van der Waals surface area contributed by atoms with Crippen LogP contribution >= 0.6 is 24.0 Å². The molecule has 3 aromatic rings. The highest BCUT2D eigenvalue weighted by atomic mass is 32.2. The minimum absolute atomic E-state index is 0.0471. The average molecular weight is 490 g/mol. The van der Waals surface area contributed by atoms with Gasteiger partial charge in [0.1, 0.15) is 5.76 Å². The van der Waals surface area contributed by atoms with Gasteiger partial charge in [0.2, 0.25) is 0 Å². The summed E-state index contributed by atoms with van der Waals surface area (Å²) < 4.78 is 44.1. The molecule has 1 N–H and O–H groups in total. The van der Waals surface area contributed by atoms with Gasteiger partial charge in [-0.05, 0) is 48.9 Å². The number of halogens is 3. The number of anilines is 2. The Bertz CT molecular complexity index is 1280. The fourth-order valence-corrected chi connectivity index (χ4v) is 4.31. The van der Waals surface area contributed by atoms with Crippen LogP contribution < -0.4 is 10.2 Å². The minimum atomic E-state index is -4.53. The molecule has 6 nitrogen and oxygen atoms in total. The van der Waals surface area contributed by atoms with Crippen LogP contribution in [0.25, 0.3) is 6.08 Å². The van der Waals surface area contributed by atoms with Gasteiger partial charge in [0.05, 0.1) is 16.2 Å². The van der Waals surface area contributed by atoms with Gasteiger partial charge in [0.25, 0.3) is 11.8 Å². The fraction of sp³-hybridized carbons (Fsp3) is 0.0909. The number of hydrogen-bond donors (Lipinski definition) is 1. The highest BCUT2D eigenvalue weighted by molar-refractivity contribution is 8.27. The first kappa shape index (κ1) is 22.7. The van der Waals surface area contributed by atoms with Gasteiger partial charge in [-0.15, -0.1) is 0 Å². The van der Waals surface area contributed by atoms with Crippen molar-refractivity contribution in [3.8, 4) is 0 Å². The number of nitrogens with zero attached hydrogens (tertiary/aromatic N) is 2. The van der Waals surface area contributed by atoms with Crippen molar-refractivity contribution in [2.45, 2.75) is 13.1 Å². The van der Waals surface area contributed by atoms with Gasteiger partial charge in [-0.25, -0.2) is 0 Å². The predicted molar refractivity (Wildman–Crippen MR) is 123 cm³/mol. The van der Waals surface area contributed by atoms with E-state index in [1.54, 1.807) is 43.3 Å². The first-order chi connectivity index (χ1) is 15.6. The summed E-state index contributed by atoms with van der Waals surface area (Å²) in [6, 6.07) is 12.4. The quantitative estimate of drug-likeness (QED) is 0.377. The van der Waals surface area contributed by atoms with Crippen LogP contribution in [0.4, 0.5) is 24.7 Å². The van der Waals surface area contributed by atoms with Crippen molar-refractivity contribution in [2.24, 2.45) is 0 Å². The van der Waals surface area contributed by atoms with Crippen molar-refractivity contribution in [2.75, 3.05) is 10.2 Å². The number of aromatic nitrogens is 1. The van der Waals surface area contributed by atoms with Gasteiger partial charge in [0.15, 0.2) is 10.1 Å². The molecule has 11 heteroatoms. The Morgan fingerprint density at radius 1 is 1.18 bits per heavy atom. The van der Waals surface area contributed by atoms with E-state index in [1.807, 2.05) is 0 Å². The maximum Gasteiger partial charge on any atom is 0.416 e. The van der Waals surface area contributed by atoms with Crippen molar-refractivity contribution < 1.29 is 27.3 Å². The molecule has 33 heavy (non-hydrogen) atoms. The second kappa shape index (κ2) is 8.83. The molecule has 0 spiro atoms. The second-order valence-electron chi connectivity index (χ2n) is 6.96. The first-order valence-electron chi connectivity index (χ1n) is 9.42. The van der Waals surface area contributed by atoms with Gasteiger partial charge < -0.3 is 9.84 Å². The third-order valence-electron chi connectivity index (χ3n) is 4.57. The molecular weight excluding hydrogens is 475 g/mol. The lowest BCUT2D eigenvalue weighted by atomic mass is 10.1. The Kier molecular flexibility index (Phi) is 6.09. The Morgan fingerprint density at radius 2 is 1.91 bits per heavy atom. The summed E-state index contributed by atoms with van der Waals surface area (Å²) in [5.41, 5.74) is 0.163. The third kappa shape index (κ3) is 4.99. The van der Waals surface area contributed by atoms with E-state index in [1.165, 1.54) is 12.1 Å². The van der Waals surface area contributed by atoms with Crippen molar-refractivity contribution in [1.82, 2.24) is 5.16 Å². The lowest BCUT2D eigenvalue weighted by Gasteiger charge is -2.16. The van der Waals surface area contributed by atoms with E-state index in [0.717, 1.165) is 28.8 Å². The zero-order valence-electron chi connectivity index (χ0n) is 16.8. The molecule has 1 aliphatic heterocycles. The number of carbonyl (C=O) groups excluding carboxylic acids is 2. The Morgan fingerprint density at radius 3 is 2.55 bits per heavy atom. The molecule has 0 unspecified atom stereocenters. The Labute approximate surface area is 195 Å². The number of carbonyl (C=O) groups is 2. The maximum absolute atomic E-state index is 13.0. The molecule has 1 aliphatic rings. The van der Waals surface area contributed by atoms with E-state index in [9.17, 15) is 22.8 Å². The molecule has 1 saturated heterocycles. The van der Waals surface area contributed by atoms with E-state index in [4.69, 9.17) is 16.7 Å². The zero-order chi connectivity index (χ0) is 23.8. The number of amides is 2. The summed E-state index contributed by atoms with van der Waals surface area (Å²) in [5.74, 6) is -0.0544. The van der Waals surface area contributed by atoms with E-state index >= 15 is 0 Å². The van der Waals surface area contributed by atoms with Gasteiger partial charge in [-0.3, -0.25) is 14.5 Å². The van der Waals surface area contributed by atoms with Crippen LogP contribution in [0.1, 0.15) is 27.2 Å². The summed E-state index contributed by atoms with van der Waals surface area (Å²) in [7, 11) is 0. The lowest BCUT2D eigenvalue weighted by molar-refractivity contribution is -0.137.